The van der Waals surface area contributed by atoms with Gasteiger partial charge in [0.2, 0.25) is 0 Å². The molecule has 1 heterocycles. The summed E-state index contributed by atoms with van der Waals surface area (Å²) in [5.74, 6) is -2.18. The number of benzene rings is 1. The summed E-state index contributed by atoms with van der Waals surface area (Å²) >= 11 is 0. The van der Waals surface area contributed by atoms with Crippen LogP contribution in [0, 0.1) is 18.6 Å². The minimum Gasteiger partial charge on any atom is -0.477 e. The summed E-state index contributed by atoms with van der Waals surface area (Å²) in [5.41, 5.74) is 0.695. The standard InChI is InChI=1S/C14H13F2NO2/c1-3-17-12(4-5-13(17)14(18)19)9-7-10(15)8(2)6-11(9)16/h4-7H,3H2,1-2H3,(H,18,19). The monoisotopic (exact) mass is 265 g/mol. The maximum atomic E-state index is 13.9. The summed E-state index contributed by atoms with van der Waals surface area (Å²) in [6.45, 7) is 3.58. The number of carboxylic acids is 1. The van der Waals surface area contributed by atoms with Gasteiger partial charge in [0, 0.05) is 12.1 Å². The molecule has 0 saturated heterocycles. The first-order valence-electron chi connectivity index (χ1n) is 5.84. The molecule has 0 amide bonds. The van der Waals surface area contributed by atoms with E-state index in [9.17, 15) is 13.6 Å². The van der Waals surface area contributed by atoms with Gasteiger partial charge in [-0.15, -0.1) is 0 Å². The Kier molecular flexibility index (Phi) is 3.38. The highest BCUT2D eigenvalue weighted by Gasteiger charge is 2.17. The molecule has 0 saturated carbocycles. The largest absolute Gasteiger partial charge is 0.477 e. The van der Waals surface area contributed by atoms with Gasteiger partial charge in [-0.1, -0.05) is 0 Å². The van der Waals surface area contributed by atoms with Crippen molar-refractivity contribution in [2.45, 2.75) is 20.4 Å². The van der Waals surface area contributed by atoms with Crippen LogP contribution in [-0.4, -0.2) is 15.6 Å². The van der Waals surface area contributed by atoms with Crippen LogP contribution in [0.1, 0.15) is 23.0 Å². The number of aryl methyl sites for hydroxylation is 1. The average molecular weight is 265 g/mol. The van der Waals surface area contributed by atoms with E-state index in [-0.39, 0.29) is 16.8 Å². The second-order valence-electron chi connectivity index (χ2n) is 4.23. The fourth-order valence-electron chi connectivity index (χ4n) is 2.07. The minimum atomic E-state index is -1.10. The van der Waals surface area contributed by atoms with Gasteiger partial charge in [-0.3, -0.25) is 0 Å². The Balaban J connectivity index is 2.66. The number of carbonyl (C=O) groups is 1. The lowest BCUT2D eigenvalue weighted by molar-refractivity contribution is 0.0685. The van der Waals surface area contributed by atoms with Gasteiger partial charge in [0.25, 0.3) is 0 Å². The van der Waals surface area contributed by atoms with Crippen molar-refractivity contribution in [1.82, 2.24) is 4.57 Å². The molecule has 1 aromatic carbocycles. The van der Waals surface area contributed by atoms with E-state index in [1.54, 1.807) is 6.92 Å². The van der Waals surface area contributed by atoms with Crippen LogP contribution in [0.5, 0.6) is 0 Å². The summed E-state index contributed by atoms with van der Waals surface area (Å²) in [4.78, 5) is 11.0. The maximum absolute atomic E-state index is 13.9. The molecular weight excluding hydrogens is 252 g/mol. The van der Waals surface area contributed by atoms with Crippen LogP contribution in [0.4, 0.5) is 8.78 Å². The molecular formula is C14H13F2NO2. The number of carboxylic acid groups (broad SMARTS) is 1. The maximum Gasteiger partial charge on any atom is 0.352 e. The van der Waals surface area contributed by atoms with E-state index in [4.69, 9.17) is 5.11 Å². The average Bonchev–Trinajstić information content (AvgIpc) is 2.77. The van der Waals surface area contributed by atoms with Crippen LogP contribution < -0.4 is 0 Å². The van der Waals surface area contributed by atoms with Crippen molar-refractivity contribution in [2.24, 2.45) is 0 Å². The fourth-order valence-corrected chi connectivity index (χ4v) is 2.07. The number of hydrogen-bond acceptors (Lipinski definition) is 1. The van der Waals surface area contributed by atoms with Crippen LogP contribution in [0.2, 0.25) is 0 Å². The summed E-state index contributed by atoms with van der Waals surface area (Å²) in [6.07, 6.45) is 0. The molecule has 3 nitrogen and oxygen atoms in total. The first-order chi connectivity index (χ1) is 8.95. The third-order valence-electron chi connectivity index (χ3n) is 3.04. The quantitative estimate of drug-likeness (QED) is 0.923. The lowest BCUT2D eigenvalue weighted by Gasteiger charge is -2.10. The Morgan fingerprint density at radius 3 is 2.53 bits per heavy atom. The van der Waals surface area contributed by atoms with Crippen molar-refractivity contribution in [3.8, 4) is 11.3 Å². The molecule has 0 aliphatic rings. The Morgan fingerprint density at radius 1 is 1.26 bits per heavy atom. The van der Waals surface area contributed by atoms with Crippen molar-refractivity contribution in [1.29, 1.82) is 0 Å². The number of hydrogen-bond donors (Lipinski definition) is 1. The minimum absolute atomic E-state index is 0.0536. The zero-order valence-corrected chi connectivity index (χ0v) is 10.6. The van der Waals surface area contributed by atoms with Crippen LogP contribution in [0.15, 0.2) is 24.3 Å². The Hall–Kier alpha value is -2.17. The lowest BCUT2D eigenvalue weighted by Crippen LogP contribution is -2.08. The molecule has 1 N–H and O–H groups in total. The van der Waals surface area contributed by atoms with Crippen molar-refractivity contribution in [3.05, 3.63) is 47.2 Å². The van der Waals surface area contributed by atoms with Crippen LogP contribution in [-0.2, 0) is 6.54 Å². The van der Waals surface area contributed by atoms with E-state index in [1.165, 1.54) is 23.6 Å². The van der Waals surface area contributed by atoms with E-state index in [0.29, 0.717) is 12.2 Å². The Bertz CT molecular complexity index is 647. The molecule has 0 atom stereocenters. The summed E-state index contributed by atoms with van der Waals surface area (Å²) in [7, 11) is 0. The van der Waals surface area contributed by atoms with Gasteiger partial charge in [0.05, 0.1) is 5.69 Å². The topological polar surface area (TPSA) is 42.2 Å². The Morgan fingerprint density at radius 2 is 1.95 bits per heavy atom. The van der Waals surface area contributed by atoms with Crippen molar-refractivity contribution >= 4 is 5.97 Å². The van der Waals surface area contributed by atoms with E-state index >= 15 is 0 Å². The smallest absolute Gasteiger partial charge is 0.352 e. The molecule has 0 bridgehead atoms. The van der Waals surface area contributed by atoms with Gasteiger partial charge in [0.15, 0.2) is 0 Å². The molecule has 100 valence electrons. The molecule has 0 unspecified atom stereocenters. The predicted molar refractivity (Wildman–Crippen MR) is 67.2 cm³/mol. The predicted octanol–water partition coefficient (Wildman–Crippen LogP) is 3.46. The van der Waals surface area contributed by atoms with E-state index in [1.807, 2.05) is 0 Å². The third-order valence-corrected chi connectivity index (χ3v) is 3.04. The molecule has 1 aromatic heterocycles. The SMILES string of the molecule is CCn1c(C(=O)O)ccc1-c1cc(F)c(C)cc1F. The summed E-state index contributed by atoms with van der Waals surface area (Å²) in [5, 5.41) is 9.04. The van der Waals surface area contributed by atoms with Gasteiger partial charge in [-0.05, 0) is 43.7 Å². The van der Waals surface area contributed by atoms with Crippen LogP contribution in [0.3, 0.4) is 0 Å². The van der Waals surface area contributed by atoms with Gasteiger partial charge < -0.3 is 9.67 Å². The molecule has 0 aliphatic carbocycles. The van der Waals surface area contributed by atoms with Gasteiger partial charge in [-0.2, -0.15) is 0 Å². The first kappa shape index (κ1) is 13.3. The van der Waals surface area contributed by atoms with Crippen LogP contribution >= 0.6 is 0 Å². The first-order valence-corrected chi connectivity index (χ1v) is 5.84. The highest BCUT2D eigenvalue weighted by atomic mass is 19.1. The molecule has 2 rings (SSSR count). The van der Waals surface area contributed by atoms with Gasteiger partial charge in [0.1, 0.15) is 17.3 Å². The number of halogens is 2. The molecule has 19 heavy (non-hydrogen) atoms. The normalized spacial score (nSPS) is 10.7. The molecule has 5 heteroatoms. The third kappa shape index (κ3) is 2.23. The van der Waals surface area contributed by atoms with E-state index in [2.05, 4.69) is 0 Å². The highest BCUT2D eigenvalue weighted by molar-refractivity contribution is 5.87. The fraction of sp³-hybridized carbons (Fsp3) is 0.214. The molecule has 0 fully saturated rings. The summed E-state index contributed by atoms with van der Waals surface area (Å²) in [6, 6.07) is 5.08. The van der Waals surface area contributed by atoms with Crippen molar-refractivity contribution < 1.29 is 18.7 Å². The second kappa shape index (κ2) is 4.84. The molecule has 0 radical (unpaired) electrons. The number of nitrogens with zero attached hydrogens (tertiary/aromatic N) is 1. The zero-order chi connectivity index (χ0) is 14.2. The van der Waals surface area contributed by atoms with Gasteiger partial charge in [-0.25, -0.2) is 13.6 Å². The number of aromatic carboxylic acids is 1. The second-order valence-corrected chi connectivity index (χ2v) is 4.23. The Labute approximate surface area is 109 Å². The zero-order valence-electron chi connectivity index (χ0n) is 10.6. The summed E-state index contributed by atoms with van der Waals surface area (Å²) < 4.78 is 28.9. The van der Waals surface area contributed by atoms with Crippen molar-refractivity contribution in [3.63, 3.8) is 0 Å². The molecule has 0 spiro atoms. The lowest BCUT2D eigenvalue weighted by atomic mass is 10.1. The number of aromatic nitrogens is 1. The van der Waals surface area contributed by atoms with E-state index < -0.39 is 17.6 Å². The molecule has 0 aliphatic heterocycles. The van der Waals surface area contributed by atoms with Crippen LogP contribution in [0.25, 0.3) is 11.3 Å². The molecule has 2 aromatic rings. The number of rotatable bonds is 3. The van der Waals surface area contributed by atoms with Crippen molar-refractivity contribution in [2.75, 3.05) is 0 Å². The van der Waals surface area contributed by atoms with Gasteiger partial charge >= 0.3 is 5.97 Å². The van der Waals surface area contributed by atoms with E-state index in [0.717, 1.165) is 12.1 Å². The highest BCUT2D eigenvalue weighted by Crippen LogP contribution is 2.27.